The molecule has 0 radical (unpaired) electrons. The molecular formula is C23H32O2. The van der Waals surface area contributed by atoms with Crippen LogP contribution in [0.25, 0.3) is 0 Å². The SMILES string of the molecule is C=C1CC[C@@H]([C@@H](C)/C=C/C(=O)OC)[C@@H]2[C@@H]3[C@@H]4C(=CCC[C@]34C)CC[C@H]12. The van der Waals surface area contributed by atoms with Gasteiger partial charge in [-0.25, -0.2) is 4.79 Å². The summed E-state index contributed by atoms with van der Waals surface area (Å²) < 4.78 is 4.79. The zero-order valence-electron chi connectivity index (χ0n) is 16.0. The highest BCUT2D eigenvalue weighted by molar-refractivity contribution is 5.81. The molecule has 2 nitrogen and oxygen atoms in total. The molecule has 0 aromatic carbocycles. The van der Waals surface area contributed by atoms with E-state index in [1.807, 2.05) is 0 Å². The third-order valence-electron chi connectivity index (χ3n) is 8.06. The second-order valence-corrected chi connectivity index (χ2v) is 9.15. The van der Waals surface area contributed by atoms with Crippen LogP contribution in [0, 0.1) is 40.9 Å². The van der Waals surface area contributed by atoms with Gasteiger partial charge in [0.05, 0.1) is 7.11 Å². The van der Waals surface area contributed by atoms with Gasteiger partial charge in [-0.15, -0.1) is 0 Å². The van der Waals surface area contributed by atoms with Crippen molar-refractivity contribution in [2.75, 3.05) is 7.11 Å². The lowest BCUT2D eigenvalue weighted by atomic mass is 9.62. The van der Waals surface area contributed by atoms with E-state index in [4.69, 9.17) is 4.74 Å². The maximum atomic E-state index is 11.5. The monoisotopic (exact) mass is 340 g/mol. The Morgan fingerprint density at radius 3 is 2.96 bits per heavy atom. The minimum absolute atomic E-state index is 0.234. The van der Waals surface area contributed by atoms with Crippen LogP contribution >= 0.6 is 0 Å². The fourth-order valence-corrected chi connectivity index (χ4v) is 6.78. The second-order valence-electron chi connectivity index (χ2n) is 9.15. The van der Waals surface area contributed by atoms with Crippen molar-refractivity contribution >= 4 is 5.97 Å². The normalized spacial score (nSPS) is 43.6. The number of rotatable bonds is 3. The van der Waals surface area contributed by atoms with Gasteiger partial charge < -0.3 is 4.74 Å². The first-order valence-electron chi connectivity index (χ1n) is 10.1. The van der Waals surface area contributed by atoms with Crippen molar-refractivity contribution in [3.8, 4) is 0 Å². The highest BCUT2D eigenvalue weighted by Crippen LogP contribution is 2.74. The fourth-order valence-electron chi connectivity index (χ4n) is 6.78. The van der Waals surface area contributed by atoms with Crippen LogP contribution in [-0.2, 0) is 9.53 Å². The van der Waals surface area contributed by atoms with Gasteiger partial charge in [0.2, 0.25) is 0 Å². The molecule has 0 bridgehead atoms. The minimum Gasteiger partial charge on any atom is -0.466 e. The quantitative estimate of drug-likeness (QED) is 0.395. The van der Waals surface area contributed by atoms with Crippen molar-refractivity contribution in [3.63, 3.8) is 0 Å². The maximum Gasteiger partial charge on any atom is 0.330 e. The van der Waals surface area contributed by atoms with Crippen molar-refractivity contribution in [1.82, 2.24) is 0 Å². The van der Waals surface area contributed by atoms with E-state index in [0.29, 0.717) is 23.2 Å². The summed E-state index contributed by atoms with van der Waals surface area (Å²) in [5.74, 6) is 3.97. The third-order valence-corrected chi connectivity index (χ3v) is 8.06. The van der Waals surface area contributed by atoms with Crippen molar-refractivity contribution < 1.29 is 9.53 Å². The smallest absolute Gasteiger partial charge is 0.330 e. The van der Waals surface area contributed by atoms with E-state index in [9.17, 15) is 4.79 Å². The molecule has 4 rings (SSSR count). The zero-order chi connectivity index (χ0) is 17.8. The van der Waals surface area contributed by atoms with Crippen molar-refractivity contribution in [2.45, 2.75) is 52.4 Å². The minimum atomic E-state index is -0.234. The summed E-state index contributed by atoms with van der Waals surface area (Å²) in [6.07, 6.45) is 13.9. The molecule has 7 atom stereocenters. The molecule has 3 saturated carbocycles. The Morgan fingerprint density at radius 1 is 1.40 bits per heavy atom. The molecule has 0 unspecified atom stereocenters. The molecule has 4 aliphatic rings. The summed E-state index contributed by atoms with van der Waals surface area (Å²) in [7, 11) is 1.45. The maximum absolute atomic E-state index is 11.5. The first-order valence-corrected chi connectivity index (χ1v) is 10.1. The topological polar surface area (TPSA) is 26.3 Å². The summed E-state index contributed by atoms with van der Waals surface area (Å²) in [6.45, 7) is 9.32. The molecule has 0 amide bonds. The van der Waals surface area contributed by atoms with Gasteiger partial charge in [0.15, 0.2) is 0 Å². The van der Waals surface area contributed by atoms with E-state index >= 15 is 0 Å². The summed E-state index contributed by atoms with van der Waals surface area (Å²) in [6, 6.07) is 0. The lowest BCUT2D eigenvalue weighted by Crippen LogP contribution is -2.35. The summed E-state index contributed by atoms with van der Waals surface area (Å²) in [5, 5.41) is 0. The largest absolute Gasteiger partial charge is 0.466 e. The van der Waals surface area contributed by atoms with Gasteiger partial charge in [-0.3, -0.25) is 0 Å². The van der Waals surface area contributed by atoms with E-state index in [2.05, 4.69) is 32.6 Å². The van der Waals surface area contributed by atoms with Gasteiger partial charge in [0.1, 0.15) is 0 Å². The number of hydrogen-bond donors (Lipinski definition) is 0. The van der Waals surface area contributed by atoms with Gasteiger partial charge >= 0.3 is 5.97 Å². The zero-order valence-corrected chi connectivity index (χ0v) is 16.0. The van der Waals surface area contributed by atoms with Crippen LogP contribution < -0.4 is 0 Å². The predicted molar refractivity (Wildman–Crippen MR) is 101 cm³/mol. The van der Waals surface area contributed by atoms with Gasteiger partial charge in [0.25, 0.3) is 0 Å². The molecule has 0 N–H and O–H groups in total. The molecule has 0 saturated heterocycles. The number of allylic oxidation sites excluding steroid dienone is 4. The Kier molecular flexibility index (Phi) is 4.21. The highest BCUT2D eigenvalue weighted by atomic mass is 16.5. The molecule has 0 aromatic heterocycles. The van der Waals surface area contributed by atoms with Crippen LogP contribution in [-0.4, -0.2) is 13.1 Å². The standard InChI is InChI=1S/C23H32O2/c1-14-7-10-17(15(2)8-12-19(24)25-4)20-18(14)11-9-16-6-5-13-23(3)21(16)22(20)23/h6,8,12,15,17-18,20-22H,1,5,7,9-11,13H2,2-4H3/b12-8+/t15-,17-,18+,20-,21-,22+,23-/m0/s1. The predicted octanol–water partition coefficient (Wildman–Crippen LogP) is 5.32. The number of carbonyl (C=O) groups is 1. The molecule has 0 spiro atoms. The fraction of sp³-hybridized carbons (Fsp3) is 0.696. The lowest BCUT2D eigenvalue weighted by molar-refractivity contribution is -0.134. The molecule has 2 heteroatoms. The van der Waals surface area contributed by atoms with E-state index in [1.54, 1.807) is 11.6 Å². The highest BCUT2D eigenvalue weighted by Gasteiger charge is 2.68. The number of hydrogen-bond acceptors (Lipinski definition) is 2. The average molecular weight is 341 g/mol. The molecule has 4 aliphatic carbocycles. The van der Waals surface area contributed by atoms with Crippen LogP contribution in [0.3, 0.4) is 0 Å². The van der Waals surface area contributed by atoms with Gasteiger partial charge in [-0.1, -0.05) is 43.7 Å². The van der Waals surface area contributed by atoms with Crippen molar-refractivity contribution in [2.24, 2.45) is 40.9 Å². The molecule has 3 fully saturated rings. The Bertz CT molecular complexity index is 642. The second kappa shape index (κ2) is 6.14. The van der Waals surface area contributed by atoms with Crippen LogP contribution in [0.2, 0.25) is 0 Å². The lowest BCUT2D eigenvalue weighted by Gasteiger charge is -2.43. The average Bonchev–Trinajstić information content (AvgIpc) is 3.28. The van der Waals surface area contributed by atoms with Crippen LogP contribution in [0.15, 0.2) is 36.0 Å². The Labute approximate surface area is 152 Å². The molecule has 0 aliphatic heterocycles. The van der Waals surface area contributed by atoms with Crippen molar-refractivity contribution in [1.29, 1.82) is 0 Å². The first-order chi connectivity index (χ1) is 12.0. The summed E-state index contributed by atoms with van der Waals surface area (Å²) in [5.41, 5.74) is 3.80. The van der Waals surface area contributed by atoms with Gasteiger partial charge in [-0.05, 0) is 79.4 Å². The van der Waals surface area contributed by atoms with Crippen LogP contribution in [0.5, 0.6) is 0 Å². The van der Waals surface area contributed by atoms with E-state index in [1.165, 1.54) is 44.8 Å². The third kappa shape index (κ3) is 2.64. The molecule has 25 heavy (non-hydrogen) atoms. The summed E-state index contributed by atoms with van der Waals surface area (Å²) in [4.78, 5) is 11.5. The van der Waals surface area contributed by atoms with Crippen LogP contribution in [0.4, 0.5) is 0 Å². The molecule has 0 aromatic rings. The van der Waals surface area contributed by atoms with Crippen LogP contribution in [0.1, 0.15) is 52.4 Å². The van der Waals surface area contributed by atoms with E-state index < -0.39 is 0 Å². The number of carbonyl (C=O) groups excluding carboxylic acids is 1. The van der Waals surface area contributed by atoms with Gasteiger partial charge in [0, 0.05) is 6.08 Å². The number of ether oxygens (including phenoxy) is 1. The molecule has 0 heterocycles. The Hall–Kier alpha value is -1.31. The number of methoxy groups -OCH3 is 1. The Balaban J connectivity index is 1.64. The number of esters is 1. The van der Waals surface area contributed by atoms with E-state index in [0.717, 1.165) is 24.2 Å². The molecular weight excluding hydrogens is 308 g/mol. The number of fused-ring (bicyclic) bond motifs is 3. The molecule has 136 valence electrons. The van der Waals surface area contributed by atoms with E-state index in [-0.39, 0.29) is 5.97 Å². The van der Waals surface area contributed by atoms with Crippen molar-refractivity contribution in [3.05, 3.63) is 36.0 Å². The van der Waals surface area contributed by atoms with Gasteiger partial charge in [-0.2, -0.15) is 0 Å². The summed E-state index contributed by atoms with van der Waals surface area (Å²) >= 11 is 0. The first kappa shape index (κ1) is 17.1. The Morgan fingerprint density at radius 2 is 2.20 bits per heavy atom.